The van der Waals surface area contributed by atoms with Crippen LogP contribution >= 0.6 is 11.6 Å². The topological polar surface area (TPSA) is 91.7 Å². The molecule has 7 heteroatoms. The molecule has 21 heavy (non-hydrogen) atoms. The maximum atomic E-state index is 12.3. The molecule has 110 valence electrons. The monoisotopic (exact) mass is 326 g/mol. The first-order valence-corrected chi connectivity index (χ1v) is 7.86. The maximum absolute atomic E-state index is 12.3. The van der Waals surface area contributed by atoms with Crippen molar-refractivity contribution >= 4 is 27.4 Å². The Kier molecular flexibility index (Phi) is 4.20. The van der Waals surface area contributed by atoms with Crippen molar-refractivity contribution in [3.8, 4) is 5.75 Å². The molecule has 5 nitrogen and oxygen atoms in total. The molecule has 2 N–H and O–H groups in total. The van der Waals surface area contributed by atoms with Crippen LogP contribution in [0.4, 0.5) is 0 Å². The van der Waals surface area contributed by atoms with Gasteiger partial charge in [-0.1, -0.05) is 23.7 Å². The van der Waals surface area contributed by atoms with E-state index in [9.17, 15) is 18.3 Å². The summed E-state index contributed by atoms with van der Waals surface area (Å²) in [6, 6.07) is 9.23. The van der Waals surface area contributed by atoms with Gasteiger partial charge < -0.3 is 10.2 Å². The second-order valence-corrected chi connectivity index (χ2v) is 6.74. The van der Waals surface area contributed by atoms with Gasteiger partial charge in [0.1, 0.15) is 5.75 Å². The predicted molar refractivity (Wildman–Crippen MR) is 77.4 cm³/mol. The second kappa shape index (κ2) is 5.75. The molecule has 0 aliphatic heterocycles. The fourth-order valence-electron chi connectivity index (χ4n) is 1.76. The zero-order valence-corrected chi connectivity index (χ0v) is 12.2. The summed E-state index contributed by atoms with van der Waals surface area (Å²) in [6.45, 7) is 0. The highest BCUT2D eigenvalue weighted by molar-refractivity contribution is 7.90. The maximum Gasteiger partial charge on any atom is 0.335 e. The third kappa shape index (κ3) is 3.53. The molecule has 2 aromatic carbocycles. The standard InChI is InChI=1S/C14H11ClO5S/c15-12-6-3-10(14(17)18)7-13(12)21(19,20)8-9-1-4-11(16)5-2-9/h1-7,16H,8H2,(H,17,18). The van der Waals surface area contributed by atoms with Gasteiger partial charge in [-0.05, 0) is 35.9 Å². The van der Waals surface area contributed by atoms with Crippen LogP contribution < -0.4 is 0 Å². The van der Waals surface area contributed by atoms with Gasteiger partial charge in [0, 0.05) is 0 Å². The molecule has 0 aliphatic carbocycles. The Hall–Kier alpha value is -2.05. The SMILES string of the molecule is O=C(O)c1ccc(Cl)c(S(=O)(=O)Cc2ccc(O)cc2)c1. The minimum absolute atomic E-state index is 0.0289. The van der Waals surface area contributed by atoms with Crippen molar-refractivity contribution in [2.24, 2.45) is 0 Å². The minimum atomic E-state index is -3.79. The van der Waals surface area contributed by atoms with E-state index in [1.165, 1.54) is 36.4 Å². The summed E-state index contributed by atoms with van der Waals surface area (Å²) in [4.78, 5) is 10.7. The van der Waals surface area contributed by atoms with Crippen molar-refractivity contribution in [1.29, 1.82) is 0 Å². The Morgan fingerprint density at radius 2 is 1.71 bits per heavy atom. The molecule has 0 aromatic heterocycles. The minimum Gasteiger partial charge on any atom is -0.508 e. The van der Waals surface area contributed by atoms with E-state index in [0.29, 0.717) is 5.56 Å². The molecule has 0 aliphatic rings. The van der Waals surface area contributed by atoms with E-state index in [2.05, 4.69) is 0 Å². The molecule has 0 radical (unpaired) electrons. The van der Waals surface area contributed by atoms with Crippen molar-refractivity contribution < 1.29 is 23.4 Å². The highest BCUT2D eigenvalue weighted by Gasteiger charge is 2.20. The molecule has 0 heterocycles. The number of hydrogen-bond donors (Lipinski definition) is 2. The fourth-order valence-corrected chi connectivity index (χ4v) is 3.69. The van der Waals surface area contributed by atoms with E-state index in [1.807, 2.05) is 0 Å². The summed E-state index contributed by atoms with van der Waals surface area (Å²) in [6.07, 6.45) is 0. The van der Waals surface area contributed by atoms with E-state index in [-0.39, 0.29) is 27.0 Å². The molecule has 0 fully saturated rings. The van der Waals surface area contributed by atoms with E-state index in [0.717, 1.165) is 6.07 Å². The molecule has 0 saturated heterocycles. The number of rotatable bonds is 4. The number of carboxylic acids is 1. The highest BCUT2D eigenvalue weighted by Crippen LogP contribution is 2.26. The lowest BCUT2D eigenvalue weighted by atomic mass is 10.2. The molecule has 0 unspecified atom stereocenters. The van der Waals surface area contributed by atoms with Gasteiger partial charge in [0.05, 0.1) is 21.2 Å². The van der Waals surface area contributed by atoms with Gasteiger partial charge in [-0.15, -0.1) is 0 Å². The predicted octanol–water partition coefficient (Wildman–Crippen LogP) is 2.72. The number of carboxylic acid groups (broad SMARTS) is 1. The Balaban J connectivity index is 2.41. The van der Waals surface area contributed by atoms with Crippen molar-refractivity contribution in [2.45, 2.75) is 10.6 Å². The van der Waals surface area contributed by atoms with Crippen LogP contribution in [0, 0.1) is 0 Å². The lowest BCUT2D eigenvalue weighted by molar-refractivity contribution is 0.0696. The van der Waals surface area contributed by atoms with Crippen molar-refractivity contribution in [2.75, 3.05) is 0 Å². The van der Waals surface area contributed by atoms with Crippen LogP contribution in [-0.2, 0) is 15.6 Å². The number of phenolic OH excluding ortho intramolecular Hbond substituents is 1. The quantitative estimate of drug-likeness (QED) is 0.901. The smallest absolute Gasteiger partial charge is 0.335 e. The van der Waals surface area contributed by atoms with Crippen LogP contribution in [0.25, 0.3) is 0 Å². The summed E-state index contributed by atoms with van der Waals surface area (Å²) in [5, 5.41) is 18.1. The average Bonchev–Trinajstić information content (AvgIpc) is 2.41. The number of hydrogen-bond acceptors (Lipinski definition) is 4. The molecule has 0 spiro atoms. The van der Waals surface area contributed by atoms with E-state index < -0.39 is 15.8 Å². The first kappa shape index (κ1) is 15.3. The Morgan fingerprint density at radius 3 is 2.29 bits per heavy atom. The largest absolute Gasteiger partial charge is 0.508 e. The second-order valence-electron chi connectivity index (χ2n) is 4.38. The van der Waals surface area contributed by atoms with Crippen LogP contribution in [0.5, 0.6) is 5.75 Å². The number of halogens is 1. The summed E-state index contributed by atoms with van der Waals surface area (Å²) in [7, 11) is -3.79. The van der Waals surface area contributed by atoms with Gasteiger partial charge in [-0.2, -0.15) is 0 Å². The first-order chi connectivity index (χ1) is 9.79. The Morgan fingerprint density at radius 1 is 1.10 bits per heavy atom. The van der Waals surface area contributed by atoms with Crippen molar-refractivity contribution in [1.82, 2.24) is 0 Å². The molecule has 0 bridgehead atoms. The van der Waals surface area contributed by atoms with Crippen LogP contribution in [0.15, 0.2) is 47.4 Å². The number of phenols is 1. The van der Waals surface area contributed by atoms with Gasteiger partial charge >= 0.3 is 5.97 Å². The highest BCUT2D eigenvalue weighted by atomic mass is 35.5. The zero-order chi connectivity index (χ0) is 15.6. The average molecular weight is 327 g/mol. The van der Waals surface area contributed by atoms with Crippen LogP contribution in [0.2, 0.25) is 5.02 Å². The zero-order valence-electron chi connectivity index (χ0n) is 10.7. The molecular formula is C14H11ClO5S. The van der Waals surface area contributed by atoms with Gasteiger partial charge in [0.25, 0.3) is 0 Å². The van der Waals surface area contributed by atoms with Gasteiger partial charge in [-0.3, -0.25) is 0 Å². The molecule has 0 atom stereocenters. The third-order valence-corrected chi connectivity index (χ3v) is 4.97. The molecule has 0 amide bonds. The number of aromatic carboxylic acids is 1. The third-order valence-electron chi connectivity index (χ3n) is 2.81. The van der Waals surface area contributed by atoms with Crippen molar-refractivity contribution in [3.05, 3.63) is 58.6 Å². The lowest BCUT2D eigenvalue weighted by Gasteiger charge is -2.08. The number of benzene rings is 2. The summed E-state index contributed by atoms with van der Waals surface area (Å²) in [5.74, 6) is -1.54. The summed E-state index contributed by atoms with van der Waals surface area (Å²) < 4.78 is 24.7. The lowest BCUT2D eigenvalue weighted by Crippen LogP contribution is -2.07. The number of sulfone groups is 1. The molecular weight excluding hydrogens is 316 g/mol. The van der Waals surface area contributed by atoms with E-state index >= 15 is 0 Å². The fraction of sp³-hybridized carbons (Fsp3) is 0.0714. The van der Waals surface area contributed by atoms with Crippen LogP contribution in [0.1, 0.15) is 15.9 Å². The normalized spacial score (nSPS) is 11.3. The van der Waals surface area contributed by atoms with Crippen LogP contribution in [0.3, 0.4) is 0 Å². The van der Waals surface area contributed by atoms with Gasteiger partial charge in [0.2, 0.25) is 0 Å². The first-order valence-electron chi connectivity index (χ1n) is 5.83. The van der Waals surface area contributed by atoms with Crippen molar-refractivity contribution in [3.63, 3.8) is 0 Å². The molecule has 2 aromatic rings. The summed E-state index contributed by atoms with van der Waals surface area (Å²) >= 11 is 5.86. The van der Waals surface area contributed by atoms with E-state index in [4.69, 9.17) is 16.7 Å². The Bertz CT molecular complexity index is 782. The van der Waals surface area contributed by atoms with Gasteiger partial charge in [-0.25, -0.2) is 13.2 Å². The van der Waals surface area contributed by atoms with Gasteiger partial charge in [0.15, 0.2) is 9.84 Å². The number of carbonyl (C=O) groups is 1. The van der Waals surface area contributed by atoms with Crippen LogP contribution in [-0.4, -0.2) is 24.6 Å². The molecule has 0 saturated carbocycles. The summed E-state index contributed by atoms with van der Waals surface area (Å²) in [5.41, 5.74) is 0.313. The number of aromatic hydroxyl groups is 1. The molecule has 2 rings (SSSR count). The van der Waals surface area contributed by atoms with E-state index in [1.54, 1.807) is 0 Å². The Labute approximate surface area is 126 Å².